The molecule has 4 N–H and O–H groups in total. The Morgan fingerprint density at radius 2 is 2.08 bits per heavy atom. The van der Waals surface area contributed by atoms with Gasteiger partial charge in [0, 0.05) is 17.3 Å². The van der Waals surface area contributed by atoms with Crippen molar-refractivity contribution in [1.29, 1.82) is 0 Å². The van der Waals surface area contributed by atoms with E-state index < -0.39 is 0 Å². The van der Waals surface area contributed by atoms with Crippen molar-refractivity contribution in [2.45, 2.75) is 19.8 Å². The van der Waals surface area contributed by atoms with E-state index in [4.69, 9.17) is 11.5 Å². The highest BCUT2D eigenvalue weighted by molar-refractivity contribution is 5.46. The van der Waals surface area contributed by atoms with E-state index in [0.29, 0.717) is 5.70 Å². The minimum Gasteiger partial charge on any atom is -0.402 e. The summed E-state index contributed by atoms with van der Waals surface area (Å²) in [5.41, 5.74) is 15.1. The molecule has 0 saturated heterocycles. The lowest BCUT2D eigenvalue weighted by atomic mass is 9.94. The molecular weight excluding hydrogens is 160 g/mol. The molecule has 13 heavy (non-hydrogen) atoms. The molecule has 0 heterocycles. The van der Waals surface area contributed by atoms with Gasteiger partial charge in [0.1, 0.15) is 0 Å². The van der Waals surface area contributed by atoms with Crippen LogP contribution >= 0.6 is 0 Å². The topological polar surface area (TPSA) is 52.0 Å². The van der Waals surface area contributed by atoms with Crippen LogP contribution in [-0.2, 0) is 0 Å². The quantitative estimate of drug-likeness (QED) is 0.678. The maximum atomic E-state index is 5.65. The predicted octanol–water partition coefficient (Wildman–Crippen LogP) is 2.15. The van der Waals surface area contributed by atoms with Gasteiger partial charge in [0.25, 0.3) is 0 Å². The number of nitrogen functional groups attached to an aromatic ring is 1. The van der Waals surface area contributed by atoms with E-state index in [-0.39, 0.29) is 5.92 Å². The Morgan fingerprint density at radius 3 is 2.54 bits per heavy atom. The van der Waals surface area contributed by atoms with Crippen molar-refractivity contribution in [3.63, 3.8) is 0 Å². The van der Waals surface area contributed by atoms with Crippen molar-refractivity contribution < 1.29 is 0 Å². The van der Waals surface area contributed by atoms with Crippen molar-refractivity contribution in [1.82, 2.24) is 0 Å². The lowest BCUT2D eigenvalue weighted by Crippen LogP contribution is -2.07. The molecule has 0 bridgehead atoms. The van der Waals surface area contributed by atoms with Gasteiger partial charge in [-0.2, -0.15) is 0 Å². The van der Waals surface area contributed by atoms with E-state index in [1.807, 2.05) is 32.0 Å². The van der Waals surface area contributed by atoms with Crippen molar-refractivity contribution >= 4 is 5.69 Å². The molecule has 0 fully saturated rings. The lowest BCUT2D eigenvalue weighted by Gasteiger charge is -2.14. The number of benzene rings is 1. The van der Waals surface area contributed by atoms with E-state index in [1.54, 1.807) is 0 Å². The fourth-order valence-electron chi connectivity index (χ4n) is 1.38. The Kier molecular flexibility index (Phi) is 2.61. The molecule has 1 aromatic rings. The van der Waals surface area contributed by atoms with Crippen molar-refractivity contribution in [3.05, 3.63) is 41.6 Å². The summed E-state index contributed by atoms with van der Waals surface area (Å²) in [7, 11) is 0. The molecule has 1 aromatic carbocycles. The van der Waals surface area contributed by atoms with E-state index in [9.17, 15) is 0 Å². The molecule has 0 spiro atoms. The largest absolute Gasteiger partial charge is 0.402 e. The van der Waals surface area contributed by atoms with Crippen LogP contribution in [0.2, 0.25) is 0 Å². The molecule has 0 radical (unpaired) electrons. The van der Waals surface area contributed by atoms with Gasteiger partial charge in [0.2, 0.25) is 0 Å². The number of rotatable bonds is 2. The molecule has 0 unspecified atom stereocenters. The van der Waals surface area contributed by atoms with Crippen LogP contribution in [-0.4, -0.2) is 0 Å². The minimum atomic E-state index is 0.195. The Balaban J connectivity index is 3.08. The first-order valence-corrected chi connectivity index (χ1v) is 4.32. The van der Waals surface area contributed by atoms with E-state index in [0.717, 1.165) is 5.69 Å². The van der Waals surface area contributed by atoms with Gasteiger partial charge in [0.05, 0.1) is 0 Å². The summed E-state index contributed by atoms with van der Waals surface area (Å²) < 4.78 is 0. The van der Waals surface area contributed by atoms with Gasteiger partial charge in [-0.1, -0.05) is 19.6 Å². The second-order valence-electron chi connectivity index (χ2n) is 3.41. The van der Waals surface area contributed by atoms with Gasteiger partial charge in [-0.25, -0.2) is 0 Å². The number of aryl methyl sites for hydroxylation is 1. The molecule has 0 saturated carbocycles. The average Bonchev–Trinajstić information content (AvgIpc) is 2.03. The van der Waals surface area contributed by atoms with Crippen LogP contribution in [0.4, 0.5) is 5.69 Å². The lowest BCUT2D eigenvalue weighted by molar-refractivity contribution is 0.873. The third-order valence-corrected chi connectivity index (χ3v) is 2.32. The Bertz CT molecular complexity index is 329. The summed E-state index contributed by atoms with van der Waals surface area (Å²) >= 11 is 0. The number of nitrogens with two attached hydrogens (primary N) is 2. The Hall–Kier alpha value is -1.44. The monoisotopic (exact) mass is 176 g/mol. The normalized spacial score (nSPS) is 12.5. The maximum absolute atomic E-state index is 5.65. The molecule has 0 aliphatic rings. The van der Waals surface area contributed by atoms with Crippen molar-refractivity contribution in [2.24, 2.45) is 5.73 Å². The van der Waals surface area contributed by atoms with E-state index in [1.165, 1.54) is 11.1 Å². The van der Waals surface area contributed by atoms with Gasteiger partial charge < -0.3 is 11.5 Å². The molecule has 0 aliphatic carbocycles. The molecule has 2 heteroatoms. The number of anilines is 1. The van der Waals surface area contributed by atoms with Crippen LogP contribution < -0.4 is 11.5 Å². The van der Waals surface area contributed by atoms with Crippen LogP contribution in [0.25, 0.3) is 0 Å². The van der Waals surface area contributed by atoms with Gasteiger partial charge >= 0.3 is 0 Å². The third kappa shape index (κ3) is 2.02. The zero-order valence-electron chi connectivity index (χ0n) is 8.17. The maximum Gasteiger partial charge on any atom is 0.0316 e. The van der Waals surface area contributed by atoms with Gasteiger partial charge in [-0.05, 0) is 30.2 Å². The van der Waals surface area contributed by atoms with E-state index >= 15 is 0 Å². The SMILES string of the molecule is C=C(N)[C@H](C)c1ccc(N)cc1C. The van der Waals surface area contributed by atoms with Crippen molar-refractivity contribution in [3.8, 4) is 0 Å². The first-order valence-electron chi connectivity index (χ1n) is 4.32. The van der Waals surface area contributed by atoms with Gasteiger partial charge in [0.15, 0.2) is 0 Å². The van der Waals surface area contributed by atoms with Crippen LogP contribution in [0, 0.1) is 6.92 Å². The molecule has 1 rings (SSSR count). The Labute approximate surface area is 79.2 Å². The number of hydrogen-bond donors (Lipinski definition) is 2. The average molecular weight is 176 g/mol. The fourth-order valence-corrected chi connectivity index (χ4v) is 1.38. The number of allylic oxidation sites excluding steroid dienone is 1. The summed E-state index contributed by atoms with van der Waals surface area (Å²) in [6.45, 7) is 7.82. The summed E-state index contributed by atoms with van der Waals surface area (Å²) in [6, 6.07) is 5.85. The molecule has 0 aliphatic heterocycles. The van der Waals surface area contributed by atoms with E-state index in [2.05, 4.69) is 6.58 Å². The predicted molar refractivity (Wildman–Crippen MR) is 57.3 cm³/mol. The van der Waals surface area contributed by atoms with Crippen molar-refractivity contribution in [2.75, 3.05) is 5.73 Å². The van der Waals surface area contributed by atoms with Gasteiger partial charge in [-0.3, -0.25) is 0 Å². The smallest absolute Gasteiger partial charge is 0.0316 e. The zero-order chi connectivity index (χ0) is 10.0. The number of hydrogen-bond acceptors (Lipinski definition) is 2. The third-order valence-electron chi connectivity index (χ3n) is 2.32. The second-order valence-corrected chi connectivity index (χ2v) is 3.41. The van der Waals surface area contributed by atoms with Gasteiger partial charge in [-0.15, -0.1) is 0 Å². The van der Waals surface area contributed by atoms with Crippen LogP contribution in [0.5, 0.6) is 0 Å². The zero-order valence-corrected chi connectivity index (χ0v) is 8.17. The summed E-state index contributed by atoms with van der Waals surface area (Å²) in [6.07, 6.45) is 0. The fraction of sp³-hybridized carbons (Fsp3) is 0.273. The van der Waals surface area contributed by atoms with Crippen LogP contribution in [0.15, 0.2) is 30.5 Å². The summed E-state index contributed by atoms with van der Waals surface area (Å²) in [5, 5.41) is 0. The summed E-state index contributed by atoms with van der Waals surface area (Å²) in [5.74, 6) is 0.195. The minimum absolute atomic E-state index is 0.195. The summed E-state index contributed by atoms with van der Waals surface area (Å²) in [4.78, 5) is 0. The molecule has 2 nitrogen and oxygen atoms in total. The standard InChI is InChI=1S/C11H16N2/c1-7-6-10(13)4-5-11(7)8(2)9(3)12/h4-6,8H,3,12-13H2,1-2H3/t8-/m0/s1. The first-order chi connectivity index (χ1) is 6.02. The highest BCUT2D eigenvalue weighted by Gasteiger charge is 2.08. The molecule has 0 aromatic heterocycles. The molecule has 0 amide bonds. The van der Waals surface area contributed by atoms with Crippen LogP contribution in [0.1, 0.15) is 24.0 Å². The second kappa shape index (κ2) is 3.52. The highest BCUT2D eigenvalue weighted by Crippen LogP contribution is 2.24. The molecule has 70 valence electrons. The first kappa shape index (κ1) is 9.65. The molecule has 1 atom stereocenters. The Morgan fingerprint density at radius 1 is 1.46 bits per heavy atom. The van der Waals surface area contributed by atoms with Crippen LogP contribution in [0.3, 0.4) is 0 Å². The highest BCUT2D eigenvalue weighted by atomic mass is 14.6. The molecular formula is C11H16N2.